The lowest BCUT2D eigenvalue weighted by Crippen LogP contribution is -2.52. The highest BCUT2D eigenvalue weighted by Gasteiger charge is 2.38. The van der Waals surface area contributed by atoms with E-state index in [-0.39, 0.29) is 17.0 Å². The van der Waals surface area contributed by atoms with Gasteiger partial charge in [-0.2, -0.15) is 13.2 Å². The fourth-order valence-electron chi connectivity index (χ4n) is 2.16. The zero-order valence-electron chi connectivity index (χ0n) is 11.2. The van der Waals surface area contributed by atoms with Crippen molar-refractivity contribution in [1.82, 2.24) is 9.80 Å². The molecule has 9 heteroatoms. The third kappa shape index (κ3) is 4.55. The van der Waals surface area contributed by atoms with Gasteiger partial charge in [-0.05, 0) is 13.3 Å². The molecule has 0 spiro atoms. The maximum Gasteiger partial charge on any atom is 0.406 e. The number of carbonyl (C=O) groups is 2. The Morgan fingerprint density at radius 1 is 1.40 bits per heavy atom. The molecule has 0 radical (unpaired) electrons. The summed E-state index contributed by atoms with van der Waals surface area (Å²) in [4.78, 5) is 24.0. The number of aliphatic carboxylic acids is 1. The number of carbonyl (C=O) groups excluding carboxylic acids is 1. The van der Waals surface area contributed by atoms with Crippen molar-refractivity contribution >= 4 is 12.0 Å². The van der Waals surface area contributed by atoms with E-state index in [0.717, 1.165) is 4.90 Å². The number of rotatable bonds is 4. The second kappa shape index (κ2) is 6.29. The Balaban J connectivity index is 2.78. The Morgan fingerprint density at radius 2 is 2.00 bits per heavy atom. The van der Waals surface area contributed by atoms with Crippen LogP contribution in [0.4, 0.5) is 18.0 Å². The van der Waals surface area contributed by atoms with Gasteiger partial charge in [0.1, 0.15) is 13.1 Å². The molecular weight excluding hydrogens is 281 g/mol. The maximum atomic E-state index is 12.4. The van der Waals surface area contributed by atoms with Gasteiger partial charge >= 0.3 is 18.2 Å². The molecule has 2 amide bonds. The smallest absolute Gasteiger partial charge is 0.406 e. The van der Waals surface area contributed by atoms with E-state index < -0.39 is 31.3 Å². The molecule has 116 valence electrons. The molecule has 1 N–H and O–H groups in total. The Labute approximate surface area is 114 Å². The van der Waals surface area contributed by atoms with Crippen LogP contribution in [0.5, 0.6) is 0 Å². The van der Waals surface area contributed by atoms with E-state index in [9.17, 15) is 22.8 Å². The molecular formula is C11H17F3N2O4. The molecule has 0 aromatic heterocycles. The molecule has 0 aromatic carbocycles. The van der Waals surface area contributed by atoms with Crippen LogP contribution < -0.4 is 0 Å². The van der Waals surface area contributed by atoms with E-state index in [1.807, 2.05) is 0 Å². The average Bonchev–Trinajstić information content (AvgIpc) is 2.70. The topological polar surface area (TPSA) is 70.1 Å². The zero-order chi connectivity index (χ0) is 15.5. The van der Waals surface area contributed by atoms with Crippen molar-refractivity contribution in [2.45, 2.75) is 31.7 Å². The van der Waals surface area contributed by atoms with Gasteiger partial charge in [0, 0.05) is 13.7 Å². The highest BCUT2D eigenvalue weighted by Crippen LogP contribution is 2.21. The first-order valence-corrected chi connectivity index (χ1v) is 6.03. The van der Waals surface area contributed by atoms with Crippen molar-refractivity contribution in [1.29, 1.82) is 0 Å². The summed E-state index contributed by atoms with van der Waals surface area (Å²) >= 11 is 0. The number of likely N-dealkylation sites (N-methyl/N-ethyl adjacent to an activating group) is 1. The first-order chi connectivity index (χ1) is 9.11. The maximum absolute atomic E-state index is 12.4. The van der Waals surface area contributed by atoms with E-state index >= 15 is 0 Å². The molecule has 0 bridgehead atoms. The number of nitrogens with zero attached hydrogens (tertiary/aromatic N) is 2. The molecule has 0 aromatic rings. The van der Waals surface area contributed by atoms with Crippen LogP contribution in [0, 0.1) is 0 Å². The fourth-order valence-corrected chi connectivity index (χ4v) is 2.16. The first-order valence-electron chi connectivity index (χ1n) is 6.03. The lowest BCUT2D eigenvalue weighted by molar-refractivity contribution is -0.149. The fraction of sp³-hybridized carbons (Fsp3) is 0.818. The zero-order valence-corrected chi connectivity index (χ0v) is 11.2. The van der Waals surface area contributed by atoms with Crippen molar-refractivity contribution in [2.24, 2.45) is 0 Å². The van der Waals surface area contributed by atoms with E-state index in [1.54, 1.807) is 6.92 Å². The number of hydrogen-bond acceptors (Lipinski definition) is 3. The lowest BCUT2D eigenvalue weighted by Gasteiger charge is -2.32. The number of halogens is 3. The summed E-state index contributed by atoms with van der Waals surface area (Å²) < 4.78 is 42.5. The van der Waals surface area contributed by atoms with Gasteiger partial charge in [-0.3, -0.25) is 4.79 Å². The summed E-state index contributed by atoms with van der Waals surface area (Å²) in [6, 6.07) is -1.32. The minimum absolute atomic E-state index is 0.271. The van der Waals surface area contributed by atoms with Crippen molar-refractivity contribution in [2.75, 3.05) is 26.7 Å². The molecule has 1 heterocycles. The van der Waals surface area contributed by atoms with Gasteiger partial charge in [0.05, 0.1) is 12.1 Å². The number of amides is 2. The van der Waals surface area contributed by atoms with Crippen LogP contribution >= 0.6 is 0 Å². The monoisotopic (exact) mass is 298 g/mol. The molecule has 1 aliphatic heterocycles. The predicted octanol–water partition coefficient (Wildman–Crippen LogP) is 1.16. The third-order valence-electron chi connectivity index (χ3n) is 3.10. The van der Waals surface area contributed by atoms with Crippen molar-refractivity contribution in [3.8, 4) is 0 Å². The average molecular weight is 298 g/mol. The van der Waals surface area contributed by atoms with Gasteiger partial charge < -0.3 is 19.6 Å². The number of urea groups is 1. The number of carboxylic acid groups (broad SMARTS) is 1. The summed E-state index contributed by atoms with van der Waals surface area (Å²) in [5.74, 6) is -1.49. The molecule has 2 atom stereocenters. The van der Waals surface area contributed by atoms with Crippen LogP contribution in [0.15, 0.2) is 0 Å². The highest BCUT2D eigenvalue weighted by atomic mass is 19.4. The van der Waals surface area contributed by atoms with Gasteiger partial charge in [0.2, 0.25) is 0 Å². The van der Waals surface area contributed by atoms with Crippen LogP contribution in [0.25, 0.3) is 0 Å². The van der Waals surface area contributed by atoms with E-state index in [1.165, 1.54) is 7.05 Å². The Bertz CT molecular complexity index is 375. The van der Waals surface area contributed by atoms with Crippen LogP contribution in [0.2, 0.25) is 0 Å². The molecule has 1 fully saturated rings. The standard InChI is InChI=1S/C11H17F3N2O4/c1-7-8(3-4-20-7)15(2)10(19)16(5-9(17)18)6-11(12,13)14/h7-8H,3-6H2,1-2H3,(H,17,18). The third-order valence-corrected chi connectivity index (χ3v) is 3.10. The lowest BCUT2D eigenvalue weighted by atomic mass is 10.1. The van der Waals surface area contributed by atoms with Gasteiger partial charge in [0.15, 0.2) is 0 Å². The van der Waals surface area contributed by atoms with Crippen LogP contribution in [0.1, 0.15) is 13.3 Å². The largest absolute Gasteiger partial charge is 0.480 e. The number of alkyl halides is 3. The molecule has 20 heavy (non-hydrogen) atoms. The Kier molecular flexibility index (Phi) is 5.21. The Morgan fingerprint density at radius 3 is 2.40 bits per heavy atom. The van der Waals surface area contributed by atoms with E-state index in [0.29, 0.717) is 13.0 Å². The summed E-state index contributed by atoms with van der Waals surface area (Å²) in [5, 5.41) is 8.62. The molecule has 2 unspecified atom stereocenters. The SMILES string of the molecule is CC1OCCC1N(C)C(=O)N(CC(=O)O)CC(F)(F)F. The second-order valence-corrected chi connectivity index (χ2v) is 4.69. The second-order valence-electron chi connectivity index (χ2n) is 4.69. The summed E-state index contributed by atoms with van der Waals surface area (Å²) in [7, 11) is 1.35. The molecule has 6 nitrogen and oxygen atoms in total. The van der Waals surface area contributed by atoms with E-state index in [4.69, 9.17) is 9.84 Å². The van der Waals surface area contributed by atoms with Crippen molar-refractivity contribution in [3.63, 3.8) is 0 Å². The molecule has 1 saturated heterocycles. The normalized spacial score (nSPS) is 22.6. The van der Waals surface area contributed by atoms with Crippen LogP contribution in [-0.4, -0.2) is 72.0 Å². The van der Waals surface area contributed by atoms with Gasteiger partial charge in [-0.25, -0.2) is 4.79 Å². The minimum Gasteiger partial charge on any atom is -0.480 e. The molecule has 1 aliphatic rings. The highest BCUT2D eigenvalue weighted by molar-refractivity contribution is 5.80. The van der Waals surface area contributed by atoms with Crippen LogP contribution in [-0.2, 0) is 9.53 Å². The summed E-state index contributed by atoms with van der Waals surface area (Å²) in [5.41, 5.74) is 0. The number of carboxylic acids is 1. The summed E-state index contributed by atoms with van der Waals surface area (Å²) in [6.45, 7) is -0.455. The first kappa shape index (κ1) is 16.5. The van der Waals surface area contributed by atoms with Crippen LogP contribution in [0.3, 0.4) is 0 Å². The van der Waals surface area contributed by atoms with Crippen molar-refractivity contribution < 1.29 is 32.6 Å². The molecule has 0 aliphatic carbocycles. The van der Waals surface area contributed by atoms with Gasteiger partial charge in [0.25, 0.3) is 0 Å². The minimum atomic E-state index is -4.65. The predicted molar refractivity (Wildman–Crippen MR) is 62.2 cm³/mol. The van der Waals surface area contributed by atoms with Gasteiger partial charge in [-0.15, -0.1) is 0 Å². The van der Waals surface area contributed by atoms with Gasteiger partial charge in [-0.1, -0.05) is 0 Å². The molecule has 0 saturated carbocycles. The quantitative estimate of drug-likeness (QED) is 0.845. The van der Waals surface area contributed by atoms with Crippen molar-refractivity contribution in [3.05, 3.63) is 0 Å². The Hall–Kier alpha value is -1.51. The van der Waals surface area contributed by atoms with E-state index in [2.05, 4.69) is 0 Å². The number of hydrogen-bond donors (Lipinski definition) is 1. The molecule has 1 rings (SSSR count). The number of ether oxygens (including phenoxy) is 1. The summed E-state index contributed by atoms with van der Waals surface area (Å²) in [6.07, 6.45) is -4.43.